The van der Waals surface area contributed by atoms with Crippen LogP contribution in [0.2, 0.25) is 0 Å². The number of carbonyl (C=O) groups is 1. The van der Waals surface area contributed by atoms with Gasteiger partial charge in [0.2, 0.25) is 5.91 Å². The average molecular weight is 1060 g/mol. The van der Waals surface area contributed by atoms with E-state index in [9.17, 15) is 40.5 Å². The average Bonchev–Trinajstić information content (AvgIpc) is 3.41. The molecule has 0 aromatic heterocycles. The second-order valence-corrected chi connectivity index (χ2v) is 21.7. The van der Waals surface area contributed by atoms with Crippen molar-refractivity contribution in [2.24, 2.45) is 0 Å². The summed E-state index contributed by atoms with van der Waals surface area (Å²) in [7, 11) is 0. The molecule has 75 heavy (non-hydrogen) atoms. The van der Waals surface area contributed by atoms with Crippen molar-refractivity contribution < 1.29 is 50.0 Å². The maximum Gasteiger partial charge on any atom is 0.249 e. The van der Waals surface area contributed by atoms with E-state index in [1.807, 2.05) is 0 Å². The van der Waals surface area contributed by atoms with Gasteiger partial charge in [0.15, 0.2) is 6.29 Å². The first-order chi connectivity index (χ1) is 36.7. The maximum atomic E-state index is 13.2. The van der Waals surface area contributed by atoms with Crippen LogP contribution >= 0.6 is 0 Å². The first kappa shape index (κ1) is 70.8. The zero-order chi connectivity index (χ0) is 54.7. The van der Waals surface area contributed by atoms with Gasteiger partial charge in [-0.15, -0.1) is 0 Å². The maximum absolute atomic E-state index is 13.2. The van der Waals surface area contributed by atoms with Gasteiger partial charge in [-0.25, -0.2) is 0 Å². The predicted molar refractivity (Wildman–Crippen MR) is 311 cm³/mol. The molecule has 9 unspecified atom stereocenters. The van der Waals surface area contributed by atoms with Crippen molar-refractivity contribution in [1.82, 2.24) is 5.32 Å². The molecule has 438 valence electrons. The number of rotatable bonds is 53. The molecule has 0 bridgehead atoms. The lowest BCUT2D eigenvalue weighted by Gasteiger charge is -2.40. The molecule has 1 fully saturated rings. The molecule has 0 aliphatic carbocycles. The van der Waals surface area contributed by atoms with Crippen molar-refractivity contribution >= 4 is 5.91 Å². The van der Waals surface area contributed by atoms with E-state index >= 15 is 0 Å². The summed E-state index contributed by atoms with van der Waals surface area (Å²) >= 11 is 0. The highest BCUT2D eigenvalue weighted by Gasteiger charge is 2.44. The molecule has 0 aromatic carbocycles. The molecule has 9 atom stereocenters. The third-order valence-corrected chi connectivity index (χ3v) is 14.8. The van der Waals surface area contributed by atoms with Gasteiger partial charge in [-0.05, 0) is 89.9 Å². The van der Waals surface area contributed by atoms with Crippen LogP contribution in [-0.2, 0) is 14.3 Å². The molecule has 11 heteroatoms. The van der Waals surface area contributed by atoms with Gasteiger partial charge < -0.3 is 50.5 Å². The Labute approximate surface area is 459 Å². The smallest absolute Gasteiger partial charge is 0.249 e. The molecular weight excluding hydrogens is 943 g/mol. The fourth-order valence-corrected chi connectivity index (χ4v) is 9.75. The van der Waals surface area contributed by atoms with E-state index in [1.54, 1.807) is 0 Å². The Morgan fingerprint density at radius 3 is 1.33 bits per heavy atom. The molecule has 0 aromatic rings. The quantitative estimate of drug-likeness (QED) is 0.0215. The first-order valence-corrected chi connectivity index (χ1v) is 31.2. The molecule has 1 rings (SSSR count). The van der Waals surface area contributed by atoms with Crippen LogP contribution in [0.25, 0.3) is 0 Å². The fraction of sp³-hybridized carbons (Fsp3) is 0.828. The molecule has 0 radical (unpaired) electrons. The van der Waals surface area contributed by atoms with E-state index in [0.29, 0.717) is 19.3 Å². The SMILES string of the molecule is CC/C=C\C/C=C\CCCCCCCCCCCCCCCC(O)C(=O)NC(COC1OC(CO)C(O)C(O)C1O)C(O)C(O)CCC/C=C/CC/C=C/CC/C=C/CCCCCCCCCCCCCCCCC. The van der Waals surface area contributed by atoms with Crippen molar-refractivity contribution in [1.29, 1.82) is 0 Å². The van der Waals surface area contributed by atoms with Crippen LogP contribution in [0.3, 0.4) is 0 Å². The summed E-state index contributed by atoms with van der Waals surface area (Å²) in [5, 5.41) is 76.2. The van der Waals surface area contributed by atoms with Crippen molar-refractivity contribution in [2.75, 3.05) is 13.2 Å². The Kier molecular flexibility index (Phi) is 49.6. The molecule has 1 amide bonds. The zero-order valence-corrected chi connectivity index (χ0v) is 48.0. The number of aliphatic hydroxyl groups is 7. The van der Waals surface area contributed by atoms with Crippen LogP contribution < -0.4 is 5.32 Å². The van der Waals surface area contributed by atoms with Crippen molar-refractivity contribution in [3.8, 4) is 0 Å². The van der Waals surface area contributed by atoms with Crippen LogP contribution in [0.5, 0.6) is 0 Å². The van der Waals surface area contributed by atoms with E-state index in [1.165, 1.54) is 167 Å². The summed E-state index contributed by atoms with van der Waals surface area (Å²) in [4.78, 5) is 13.2. The first-order valence-electron chi connectivity index (χ1n) is 31.2. The number of unbranched alkanes of at least 4 members (excludes halogenated alkanes) is 31. The van der Waals surface area contributed by atoms with Gasteiger partial charge in [0.05, 0.1) is 25.4 Å². The lowest BCUT2D eigenvalue weighted by molar-refractivity contribution is -0.303. The van der Waals surface area contributed by atoms with Crippen molar-refractivity contribution in [3.05, 3.63) is 60.8 Å². The predicted octanol–water partition coefficient (Wildman–Crippen LogP) is 13.8. The summed E-state index contributed by atoms with van der Waals surface area (Å²) in [5.74, 6) is -0.713. The van der Waals surface area contributed by atoms with E-state index in [-0.39, 0.29) is 12.8 Å². The lowest BCUT2D eigenvalue weighted by Crippen LogP contribution is -2.60. The summed E-state index contributed by atoms with van der Waals surface area (Å²) in [6.07, 6.45) is 57.2. The Morgan fingerprint density at radius 1 is 0.480 bits per heavy atom. The molecule has 1 aliphatic rings. The second kappa shape index (κ2) is 52.5. The molecule has 0 saturated carbocycles. The number of carbonyl (C=O) groups excluding carboxylic acids is 1. The monoisotopic (exact) mass is 1060 g/mol. The molecule has 0 spiro atoms. The van der Waals surface area contributed by atoms with E-state index < -0.39 is 74.2 Å². The van der Waals surface area contributed by atoms with E-state index in [0.717, 1.165) is 57.8 Å². The topological polar surface area (TPSA) is 189 Å². The molecule has 1 saturated heterocycles. The second-order valence-electron chi connectivity index (χ2n) is 21.7. The number of nitrogens with one attached hydrogen (secondary N) is 1. The van der Waals surface area contributed by atoms with Crippen LogP contribution in [0.1, 0.15) is 271 Å². The Balaban J connectivity index is 2.31. The number of ether oxygens (including phenoxy) is 2. The lowest BCUT2D eigenvalue weighted by atomic mass is 9.98. The number of allylic oxidation sites excluding steroid dienone is 10. The fourth-order valence-electron chi connectivity index (χ4n) is 9.75. The molecular formula is C64H117NO10. The highest BCUT2D eigenvalue weighted by molar-refractivity contribution is 5.80. The summed E-state index contributed by atoms with van der Waals surface area (Å²) < 4.78 is 11.1. The molecule has 11 nitrogen and oxygen atoms in total. The number of hydrogen-bond acceptors (Lipinski definition) is 10. The molecule has 1 aliphatic heterocycles. The van der Waals surface area contributed by atoms with Crippen molar-refractivity contribution in [3.63, 3.8) is 0 Å². The number of hydrogen-bond donors (Lipinski definition) is 8. The molecule has 8 N–H and O–H groups in total. The largest absolute Gasteiger partial charge is 0.394 e. The van der Waals surface area contributed by atoms with Crippen LogP contribution in [0.4, 0.5) is 0 Å². The van der Waals surface area contributed by atoms with Gasteiger partial charge in [0, 0.05) is 0 Å². The summed E-state index contributed by atoms with van der Waals surface area (Å²) in [6.45, 7) is 3.36. The minimum atomic E-state index is -1.68. The summed E-state index contributed by atoms with van der Waals surface area (Å²) in [6, 6.07) is -1.20. The normalized spacial score (nSPS) is 20.1. The van der Waals surface area contributed by atoms with Gasteiger partial charge in [-0.3, -0.25) is 4.79 Å². The Hall–Kier alpha value is -2.19. The van der Waals surface area contributed by atoms with Crippen LogP contribution in [0.15, 0.2) is 60.8 Å². The third kappa shape index (κ3) is 40.6. The third-order valence-electron chi connectivity index (χ3n) is 14.8. The zero-order valence-electron chi connectivity index (χ0n) is 48.0. The Bertz CT molecular complexity index is 1400. The highest BCUT2D eigenvalue weighted by atomic mass is 16.7. The standard InChI is InChI=1S/C64H117NO10/c1-3-5-7-9-11-13-15-17-19-21-23-25-26-27-28-29-30-31-32-34-35-37-39-41-43-45-47-49-51-56(67)59(69)55(54-74-64-62(72)61(71)60(70)58(53-66)75-64)65-63(73)57(68)52-50-48-46-44-42-40-38-36-33-24-22-20-18-16-14-12-10-8-6-4-2/h6,8,12,14,30-31,35,37,43,45,55-62,64,66-72H,3-5,7,9-11,13,15-29,32-34,36,38-42,44,46-54H2,1-2H3,(H,65,73)/b8-6-,14-12-,31-30+,37-35+,45-43+. The van der Waals surface area contributed by atoms with E-state index in [2.05, 4.69) is 79.9 Å². The minimum absolute atomic E-state index is 0.240. The number of aliphatic hydroxyl groups excluding tert-OH is 7. The van der Waals surface area contributed by atoms with Gasteiger partial charge in [-0.1, -0.05) is 242 Å². The van der Waals surface area contributed by atoms with E-state index in [4.69, 9.17) is 9.47 Å². The van der Waals surface area contributed by atoms with Crippen molar-refractivity contribution in [2.45, 2.75) is 326 Å². The highest BCUT2D eigenvalue weighted by Crippen LogP contribution is 2.23. The summed E-state index contributed by atoms with van der Waals surface area (Å²) in [5.41, 5.74) is 0. The van der Waals surface area contributed by atoms with Gasteiger partial charge in [0.25, 0.3) is 0 Å². The van der Waals surface area contributed by atoms with Gasteiger partial charge in [0.1, 0.15) is 36.6 Å². The van der Waals surface area contributed by atoms with Gasteiger partial charge in [-0.2, -0.15) is 0 Å². The van der Waals surface area contributed by atoms with Gasteiger partial charge >= 0.3 is 0 Å². The van der Waals surface area contributed by atoms with Crippen LogP contribution in [-0.4, -0.2) is 110 Å². The minimum Gasteiger partial charge on any atom is -0.394 e. The number of amides is 1. The van der Waals surface area contributed by atoms with Crippen LogP contribution in [0, 0.1) is 0 Å². The Morgan fingerprint density at radius 2 is 0.880 bits per heavy atom. The molecule has 1 heterocycles.